The molecule has 10 aromatic carbocycles. The van der Waals surface area contributed by atoms with E-state index in [9.17, 15) is 21.0 Å². The molecule has 314 valence electrons. The number of rotatable bonds is 9. The molecule has 10 aromatic rings. The molecule has 4 heteroatoms. The highest BCUT2D eigenvalue weighted by Gasteiger charge is 2.16. The monoisotopic (exact) mass is 862 g/mol. The molecule has 0 unspecified atom stereocenters. The van der Waals surface area contributed by atoms with Gasteiger partial charge in [0.25, 0.3) is 0 Å². The lowest BCUT2D eigenvalue weighted by Crippen LogP contribution is -1.91. The number of hydrogen-bond donors (Lipinski definition) is 0. The van der Waals surface area contributed by atoms with Gasteiger partial charge in [0.1, 0.15) is 0 Å². The summed E-state index contributed by atoms with van der Waals surface area (Å²) in [5, 5.41) is 38.4. The zero-order valence-corrected chi connectivity index (χ0v) is 36.7. The molecule has 0 aliphatic rings. The van der Waals surface area contributed by atoms with E-state index in [1.165, 1.54) is 0 Å². The molecule has 0 atom stereocenters. The average molecular weight is 863 g/mol. The Morgan fingerprint density at radius 1 is 0.162 bits per heavy atom. The number of nitrogens with zero attached hydrogens (tertiary/aromatic N) is 4. The van der Waals surface area contributed by atoms with Gasteiger partial charge in [-0.15, -0.1) is 0 Å². The minimum Gasteiger partial charge on any atom is -0.192 e. The van der Waals surface area contributed by atoms with Gasteiger partial charge in [0, 0.05) is 0 Å². The summed E-state index contributed by atoms with van der Waals surface area (Å²) in [6.07, 6.45) is 0. The maximum atomic E-state index is 9.59. The van der Waals surface area contributed by atoms with Crippen molar-refractivity contribution in [3.05, 3.63) is 253 Å². The van der Waals surface area contributed by atoms with E-state index >= 15 is 0 Å². The Bertz CT molecular complexity index is 3260. The molecule has 68 heavy (non-hydrogen) atoms. The van der Waals surface area contributed by atoms with E-state index in [0.717, 1.165) is 100 Å². The van der Waals surface area contributed by atoms with Gasteiger partial charge in [-0.3, -0.25) is 0 Å². The topological polar surface area (TPSA) is 95.2 Å². The summed E-state index contributed by atoms with van der Waals surface area (Å²) in [5.41, 5.74) is 20.9. The van der Waals surface area contributed by atoms with Gasteiger partial charge >= 0.3 is 0 Å². The van der Waals surface area contributed by atoms with Crippen LogP contribution in [0, 0.1) is 45.3 Å². The highest BCUT2D eigenvalue weighted by Crippen LogP contribution is 2.41. The minimum atomic E-state index is 0.598. The molecule has 0 bridgehead atoms. The maximum absolute atomic E-state index is 9.59. The molecule has 0 spiro atoms. The summed E-state index contributed by atoms with van der Waals surface area (Å²) in [5.74, 6) is 0. The van der Waals surface area contributed by atoms with E-state index in [-0.39, 0.29) is 0 Å². The van der Waals surface area contributed by atoms with Crippen LogP contribution < -0.4 is 0 Å². The van der Waals surface area contributed by atoms with E-state index < -0.39 is 0 Å². The van der Waals surface area contributed by atoms with Crippen molar-refractivity contribution < 1.29 is 0 Å². The molecular formula is C64H38N4. The van der Waals surface area contributed by atoms with E-state index in [2.05, 4.69) is 146 Å². The molecular weight excluding hydrogens is 825 g/mol. The largest absolute Gasteiger partial charge is 0.192 e. The zero-order chi connectivity index (χ0) is 46.4. The summed E-state index contributed by atoms with van der Waals surface area (Å²) >= 11 is 0. The molecule has 0 amide bonds. The minimum absolute atomic E-state index is 0.598. The van der Waals surface area contributed by atoms with Crippen LogP contribution in [0.5, 0.6) is 0 Å². The Morgan fingerprint density at radius 3 is 0.471 bits per heavy atom. The van der Waals surface area contributed by atoms with Crippen molar-refractivity contribution in [1.29, 1.82) is 21.0 Å². The first-order chi connectivity index (χ1) is 33.4. The van der Waals surface area contributed by atoms with Crippen molar-refractivity contribution in [2.75, 3.05) is 0 Å². The van der Waals surface area contributed by atoms with Gasteiger partial charge < -0.3 is 0 Å². The molecule has 0 saturated heterocycles. The molecule has 0 N–H and O–H groups in total. The highest BCUT2D eigenvalue weighted by atomic mass is 14.3. The van der Waals surface area contributed by atoms with Crippen molar-refractivity contribution in [2.24, 2.45) is 0 Å². The Hall–Kier alpha value is -9.84. The van der Waals surface area contributed by atoms with Crippen LogP contribution in [0.4, 0.5) is 0 Å². The SMILES string of the molecule is N#Cc1ccc(-c2cc(-c3ccc(C#N)cc3)cc(-c3cc(-c4ccccc4)cc(-c4cc(-c5ccccc5)cc(-c5cc(-c6ccc(C#N)cc6)cc(-c6ccc(C#N)cc6)c5)c4)c3)c2)cc1. The number of hydrogen-bond acceptors (Lipinski definition) is 4. The predicted octanol–water partition coefficient (Wildman–Crippen LogP) is 16.2. The second-order valence-electron chi connectivity index (χ2n) is 16.7. The Balaban J connectivity index is 1.19. The first-order valence-electron chi connectivity index (χ1n) is 22.2. The quantitative estimate of drug-likeness (QED) is 0.144. The summed E-state index contributed by atoms with van der Waals surface area (Å²) in [6.45, 7) is 0. The van der Waals surface area contributed by atoms with Crippen molar-refractivity contribution in [3.63, 3.8) is 0 Å². The van der Waals surface area contributed by atoms with Crippen LogP contribution in [0.2, 0.25) is 0 Å². The van der Waals surface area contributed by atoms with Gasteiger partial charge in [0.15, 0.2) is 0 Å². The van der Waals surface area contributed by atoms with E-state index in [1.807, 2.05) is 109 Å². The van der Waals surface area contributed by atoms with Crippen molar-refractivity contribution >= 4 is 0 Å². The summed E-state index contributed by atoms with van der Waals surface area (Å²) < 4.78 is 0. The lowest BCUT2D eigenvalue weighted by Gasteiger charge is -2.17. The predicted molar refractivity (Wildman–Crippen MR) is 274 cm³/mol. The van der Waals surface area contributed by atoms with Crippen LogP contribution in [-0.4, -0.2) is 0 Å². The fraction of sp³-hybridized carbons (Fsp3) is 0. The first kappa shape index (κ1) is 42.1. The Labute approximate surface area is 396 Å². The van der Waals surface area contributed by atoms with Crippen LogP contribution in [0.1, 0.15) is 22.3 Å². The summed E-state index contributed by atoms with van der Waals surface area (Å²) in [7, 11) is 0. The number of benzene rings is 10. The van der Waals surface area contributed by atoms with E-state index in [1.54, 1.807) is 0 Å². The molecule has 10 rings (SSSR count). The van der Waals surface area contributed by atoms with Crippen LogP contribution >= 0.6 is 0 Å². The zero-order valence-electron chi connectivity index (χ0n) is 36.7. The lowest BCUT2D eigenvalue weighted by molar-refractivity contribution is 1.48. The molecule has 4 nitrogen and oxygen atoms in total. The Kier molecular flexibility index (Phi) is 11.6. The van der Waals surface area contributed by atoms with Crippen LogP contribution in [0.25, 0.3) is 100 Å². The van der Waals surface area contributed by atoms with Crippen LogP contribution in [-0.2, 0) is 0 Å². The molecule has 0 aromatic heterocycles. The fourth-order valence-corrected chi connectivity index (χ4v) is 8.72. The standard InChI is InChI=1S/C64H38N4/c65-39-43-11-19-49(20-12-43)55-27-56(50-21-13-44(40-66)14-22-50)34-59(33-55)61-29-53(47-7-3-1-4-8-47)31-63(37-61)64-32-54(48-9-5-2-6-10-48)30-62(38-64)60-35-57(51-23-15-45(41-67)16-24-51)28-58(36-60)52-25-17-46(42-68)18-26-52/h1-38H. The summed E-state index contributed by atoms with van der Waals surface area (Å²) in [6, 6.07) is 87.4. The van der Waals surface area contributed by atoms with Gasteiger partial charge in [-0.05, 0) is 221 Å². The van der Waals surface area contributed by atoms with Gasteiger partial charge in [-0.2, -0.15) is 21.0 Å². The molecule has 0 radical (unpaired) electrons. The molecule has 0 heterocycles. The Morgan fingerprint density at radius 2 is 0.309 bits per heavy atom. The van der Waals surface area contributed by atoms with E-state index in [0.29, 0.717) is 22.3 Å². The first-order valence-corrected chi connectivity index (χ1v) is 22.2. The van der Waals surface area contributed by atoms with Crippen LogP contribution in [0.3, 0.4) is 0 Å². The van der Waals surface area contributed by atoms with Gasteiger partial charge in [0.05, 0.1) is 46.5 Å². The third-order valence-electron chi connectivity index (χ3n) is 12.3. The second kappa shape index (κ2) is 18.7. The normalized spacial score (nSPS) is 10.6. The number of nitriles is 4. The van der Waals surface area contributed by atoms with Crippen LogP contribution in [0.15, 0.2) is 231 Å². The van der Waals surface area contributed by atoms with E-state index in [4.69, 9.17) is 0 Å². The smallest absolute Gasteiger partial charge is 0.0991 e. The molecule has 0 aliphatic heterocycles. The second-order valence-corrected chi connectivity index (χ2v) is 16.7. The molecule has 0 saturated carbocycles. The van der Waals surface area contributed by atoms with Gasteiger partial charge in [-0.1, -0.05) is 109 Å². The van der Waals surface area contributed by atoms with Gasteiger partial charge in [0.2, 0.25) is 0 Å². The fourth-order valence-electron chi connectivity index (χ4n) is 8.72. The lowest BCUT2D eigenvalue weighted by atomic mass is 9.87. The van der Waals surface area contributed by atoms with Gasteiger partial charge in [-0.25, -0.2) is 0 Å². The molecule has 0 fully saturated rings. The maximum Gasteiger partial charge on any atom is 0.0991 e. The van der Waals surface area contributed by atoms with Crippen molar-refractivity contribution in [3.8, 4) is 124 Å². The third-order valence-corrected chi connectivity index (χ3v) is 12.3. The van der Waals surface area contributed by atoms with Crippen molar-refractivity contribution in [2.45, 2.75) is 0 Å². The van der Waals surface area contributed by atoms with Crippen molar-refractivity contribution in [1.82, 2.24) is 0 Å². The third kappa shape index (κ3) is 8.95. The highest BCUT2D eigenvalue weighted by molar-refractivity contribution is 5.90. The average Bonchev–Trinajstić information content (AvgIpc) is 3.43. The summed E-state index contributed by atoms with van der Waals surface area (Å²) in [4.78, 5) is 0. The molecule has 0 aliphatic carbocycles.